The molecule has 9 heteroatoms. The van der Waals surface area contributed by atoms with E-state index >= 15 is 0 Å². The van der Waals surface area contributed by atoms with Crippen LogP contribution < -0.4 is 10.2 Å². The molecule has 0 unspecified atom stereocenters. The molecule has 1 saturated heterocycles. The van der Waals surface area contributed by atoms with Gasteiger partial charge in [-0.25, -0.2) is 9.67 Å². The van der Waals surface area contributed by atoms with E-state index in [-0.39, 0.29) is 22.9 Å². The Labute approximate surface area is 190 Å². The number of hydrogen-bond donors (Lipinski definition) is 0. The van der Waals surface area contributed by atoms with Gasteiger partial charge in [0.2, 0.25) is 5.43 Å². The lowest BCUT2D eigenvalue weighted by Crippen LogP contribution is -2.51. The first kappa shape index (κ1) is 20.9. The fourth-order valence-electron chi connectivity index (χ4n) is 3.94. The summed E-state index contributed by atoms with van der Waals surface area (Å²) in [4.78, 5) is 32.2. The van der Waals surface area contributed by atoms with Crippen molar-refractivity contribution in [3.63, 3.8) is 0 Å². The summed E-state index contributed by atoms with van der Waals surface area (Å²) in [5.74, 6) is 0.500. The monoisotopic (exact) mass is 444 g/mol. The highest BCUT2D eigenvalue weighted by Gasteiger charge is 2.34. The zero-order valence-electron chi connectivity index (χ0n) is 18.5. The second-order valence-corrected chi connectivity index (χ2v) is 8.14. The highest BCUT2D eigenvalue weighted by Crippen LogP contribution is 2.23. The first-order valence-electron chi connectivity index (χ1n) is 10.9. The largest absolute Gasteiger partial charge is 0.487 e. The van der Waals surface area contributed by atoms with Gasteiger partial charge in [0.15, 0.2) is 0 Å². The number of benzene rings is 1. The van der Waals surface area contributed by atoms with Crippen LogP contribution in [0.1, 0.15) is 34.7 Å². The molecule has 0 saturated carbocycles. The van der Waals surface area contributed by atoms with Crippen LogP contribution in [-0.2, 0) is 13.2 Å². The smallest absolute Gasteiger partial charge is 0.259 e. The predicted octanol–water partition coefficient (Wildman–Crippen LogP) is 2.59. The standard InChI is InChI=1S/C24H24N6O3/c1-3-28-14-21(22(31)20-10-9-16(2)25-23(20)28)24(32)29-12-18(13-29)30-11-17(26-27-30)15-33-19-7-5-4-6-8-19/h4-11,14,18H,3,12-13,15H2,1-2H3. The summed E-state index contributed by atoms with van der Waals surface area (Å²) in [5, 5.41) is 8.81. The normalized spacial score (nSPS) is 13.8. The number of carbonyl (C=O) groups excluding carboxylic acids is 1. The van der Waals surface area contributed by atoms with Crippen molar-refractivity contribution >= 4 is 16.9 Å². The Morgan fingerprint density at radius 1 is 1.12 bits per heavy atom. The van der Waals surface area contributed by atoms with Crippen LogP contribution in [0, 0.1) is 6.92 Å². The molecule has 4 aromatic rings. The number of likely N-dealkylation sites (tertiary alicyclic amines) is 1. The lowest BCUT2D eigenvalue weighted by molar-refractivity contribution is 0.0496. The molecule has 33 heavy (non-hydrogen) atoms. The third kappa shape index (κ3) is 3.97. The van der Waals surface area contributed by atoms with Crippen LogP contribution >= 0.6 is 0 Å². The Kier molecular flexibility index (Phi) is 5.37. The maximum atomic E-state index is 13.1. The van der Waals surface area contributed by atoms with Crippen LogP contribution in [0.4, 0.5) is 0 Å². The SMILES string of the molecule is CCn1cc(C(=O)N2CC(n3cc(COc4ccccc4)nn3)C2)c(=O)c2ccc(C)nc21. The van der Waals surface area contributed by atoms with Crippen LogP contribution in [0.15, 0.2) is 59.7 Å². The number of hydrogen-bond acceptors (Lipinski definition) is 6. The molecule has 0 atom stereocenters. The van der Waals surface area contributed by atoms with Crippen molar-refractivity contribution in [1.82, 2.24) is 29.4 Å². The number of rotatable bonds is 6. The number of amides is 1. The number of carbonyl (C=O) groups is 1. The Hall–Kier alpha value is -4.01. The molecule has 5 rings (SSSR count). The molecule has 4 heterocycles. The zero-order chi connectivity index (χ0) is 22.9. The van der Waals surface area contributed by atoms with Crippen molar-refractivity contribution in [2.75, 3.05) is 13.1 Å². The van der Waals surface area contributed by atoms with Gasteiger partial charge >= 0.3 is 0 Å². The predicted molar refractivity (Wildman–Crippen MR) is 122 cm³/mol. The van der Waals surface area contributed by atoms with E-state index in [2.05, 4.69) is 15.3 Å². The van der Waals surface area contributed by atoms with E-state index in [1.54, 1.807) is 27.9 Å². The molecular formula is C24H24N6O3. The van der Waals surface area contributed by atoms with Crippen molar-refractivity contribution in [3.8, 4) is 5.75 Å². The first-order valence-corrected chi connectivity index (χ1v) is 10.9. The second kappa shape index (κ2) is 8.50. The molecule has 1 fully saturated rings. The lowest BCUT2D eigenvalue weighted by Gasteiger charge is -2.38. The summed E-state index contributed by atoms with van der Waals surface area (Å²) in [6.07, 6.45) is 3.46. The van der Waals surface area contributed by atoms with E-state index in [1.807, 2.05) is 54.9 Å². The number of pyridine rings is 2. The van der Waals surface area contributed by atoms with Gasteiger partial charge in [-0.3, -0.25) is 9.59 Å². The molecule has 0 radical (unpaired) electrons. The molecule has 0 spiro atoms. The van der Waals surface area contributed by atoms with Crippen LogP contribution in [0.5, 0.6) is 5.75 Å². The molecular weight excluding hydrogens is 420 g/mol. The quantitative estimate of drug-likeness (QED) is 0.454. The summed E-state index contributed by atoms with van der Waals surface area (Å²) in [5.41, 5.74) is 2.04. The lowest BCUT2D eigenvalue weighted by atomic mass is 10.1. The zero-order valence-corrected chi connectivity index (χ0v) is 18.5. The van der Waals surface area contributed by atoms with Crippen LogP contribution in [0.25, 0.3) is 11.0 Å². The Bertz CT molecular complexity index is 1370. The molecule has 168 valence electrons. The summed E-state index contributed by atoms with van der Waals surface area (Å²) in [6.45, 7) is 5.72. The second-order valence-electron chi connectivity index (χ2n) is 8.14. The molecule has 9 nitrogen and oxygen atoms in total. The van der Waals surface area contributed by atoms with Crippen LogP contribution in [-0.4, -0.2) is 48.4 Å². The molecule has 1 aliphatic heterocycles. The van der Waals surface area contributed by atoms with E-state index in [0.717, 1.165) is 11.4 Å². The Morgan fingerprint density at radius 2 is 1.91 bits per heavy atom. The average Bonchev–Trinajstić information content (AvgIpc) is 3.26. The van der Waals surface area contributed by atoms with Gasteiger partial charge in [0.25, 0.3) is 5.91 Å². The van der Waals surface area contributed by atoms with E-state index in [0.29, 0.717) is 43.0 Å². The molecule has 1 aromatic carbocycles. The number of ether oxygens (including phenoxy) is 1. The maximum absolute atomic E-state index is 13.1. The van der Waals surface area contributed by atoms with Crippen molar-refractivity contribution in [3.05, 3.63) is 82.0 Å². The van der Waals surface area contributed by atoms with Gasteiger partial charge in [-0.15, -0.1) is 5.10 Å². The fraction of sp³-hybridized carbons (Fsp3) is 0.292. The first-order chi connectivity index (χ1) is 16.0. The maximum Gasteiger partial charge on any atom is 0.259 e. The van der Waals surface area contributed by atoms with E-state index in [9.17, 15) is 9.59 Å². The van der Waals surface area contributed by atoms with Crippen molar-refractivity contribution in [2.24, 2.45) is 0 Å². The molecule has 1 aliphatic rings. The van der Waals surface area contributed by atoms with Gasteiger partial charge in [-0.2, -0.15) is 0 Å². The van der Waals surface area contributed by atoms with Gasteiger partial charge in [-0.1, -0.05) is 23.4 Å². The Morgan fingerprint density at radius 3 is 2.67 bits per heavy atom. The molecule has 0 bridgehead atoms. The van der Waals surface area contributed by atoms with E-state index in [4.69, 9.17) is 4.74 Å². The fourth-order valence-corrected chi connectivity index (χ4v) is 3.94. The topological polar surface area (TPSA) is 95.1 Å². The minimum atomic E-state index is -0.281. The van der Waals surface area contributed by atoms with Crippen molar-refractivity contribution in [1.29, 1.82) is 0 Å². The van der Waals surface area contributed by atoms with Gasteiger partial charge in [0.05, 0.1) is 17.6 Å². The highest BCUT2D eigenvalue weighted by molar-refractivity contribution is 5.97. The van der Waals surface area contributed by atoms with Gasteiger partial charge in [0.1, 0.15) is 29.3 Å². The minimum absolute atomic E-state index is 0.0186. The minimum Gasteiger partial charge on any atom is -0.487 e. The summed E-state index contributed by atoms with van der Waals surface area (Å²) in [6, 6.07) is 13.1. The summed E-state index contributed by atoms with van der Waals surface area (Å²) < 4.78 is 9.32. The van der Waals surface area contributed by atoms with Gasteiger partial charge in [0, 0.05) is 31.5 Å². The number of aromatic nitrogens is 5. The molecule has 3 aromatic heterocycles. The average molecular weight is 444 g/mol. The van der Waals surface area contributed by atoms with Crippen LogP contribution in [0.2, 0.25) is 0 Å². The van der Waals surface area contributed by atoms with Crippen LogP contribution in [0.3, 0.4) is 0 Å². The van der Waals surface area contributed by atoms with E-state index in [1.165, 1.54) is 0 Å². The number of fused-ring (bicyclic) bond motifs is 1. The Balaban J connectivity index is 1.27. The molecule has 0 N–H and O–H groups in total. The number of nitrogens with zero attached hydrogens (tertiary/aromatic N) is 6. The van der Waals surface area contributed by atoms with E-state index < -0.39 is 0 Å². The van der Waals surface area contributed by atoms with Gasteiger partial charge in [-0.05, 0) is 38.1 Å². The summed E-state index contributed by atoms with van der Waals surface area (Å²) in [7, 11) is 0. The van der Waals surface area contributed by atoms with Crippen molar-refractivity contribution in [2.45, 2.75) is 33.0 Å². The third-order valence-electron chi connectivity index (χ3n) is 5.84. The summed E-state index contributed by atoms with van der Waals surface area (Å²) >= 11 is 0. The van der Waals surface area contributed by atoms with Crippen molar-refractivity contribution < 1.29 is 9.53 Å². The third-order valence-corrected chi connectivity index (χ3v) is 5.84. The highest BCUT2D eigenvalue weighted by atomic mass is 16.5. The number of aryl methyl sites for hydroxylation is 2. The molecule has 0 aliphatic carbocycles. The molecule has 1 amide bonds. The number of para-hydroxylation sites is 1. The van der Waals surface area contributed by atoms with Gasteiger partial charge < -0.3 is 14.2 Å².